The Balaban J connectivity index is 2.74. The molecule has 2 N–H and O–H groups in total. The Morgan fingerprint density at radius 2 is 2.15 bits per heavy atom. The number of aliphatic hydroxyl groups is 1. The number of carboxylic acids is 1. The van der Waals surface area contributed by atoms with E-state index in [0.717, 1.165) is 0 Å². The van der Waals surface area contributed by atoms with Crippen molar-refractivity contribution < 1.29 is 19.8 Å². The van der Waals surface area contributed by atoms with Gasteiger partial charge in [-0.15, -0.1) is 0 Å². The van der Waals surface area contributed by atoms with Crippen LogP contribution in [0.3, 0.4) is 0 Å². The van der Waals surface area contributed by atoms with Crippen molar-refractivity contribution in [1.82, 2.24) is 4.90 Å². The van der Waals surface area contributed by atoms with Crippen molar-refractivity contribution >= 4 is 11.9 Å². The van der Waals surface area contributed by atoms with E-state index < -0.39 is 18.0 Å². The lowest BCUT2D eigenvalue weighted by atomic mass is 9.88. The standard InChI is InChI=1S/C8H13NO4/c1-6(11)9-3-2-8(4-9,5-10)7(12)13/h10H,2-5H2,1H3,(H,12,13). The van der Waals surface area contributed by atoms with Crippen LogP contribution >= 0.6 is 0 Å². The minimum absolute atomic E-state index is 0.119. The van der Waals surface area contributed by atoms with Crippen LogP contribution in [-0.2, 0) is 9.59 Å². The molecule has 13 heavy (non-hydrogen) atoms. The van der Waals surface area contributed by atoms with E-state index >= 15 is 0 Å². The summed E-state index contributed by atoms with van der Waals surface area (Å²) < 4.78 is 0. The summed E-state index contributed by atoms with van der Waals surface area (Å²) in [7, 11) is 0. The highest BCUT2D eigenvalue weighted by Crippen LogP contribution is 2.30. The predicted octanol–water partition coefficient (Wildman–Crippen LogP) is -0.698. The highest BCUT2D eigenvalue weighted by atomic mass is 16.4. The molecule has 0 spiro atoms. The van der Waals surface area contributed by atoms with E-state index in [1.165, 1.54) is 11.8 Å². The van der Waals surface area contributed by atoms with Crippen LogP contribution in [0.2, 0.25) is 0 Å². The zero-order valence-electron chi connectivity index (χ0n) is 7.49. The number of carboxylic acid groups (broad SMARTS) is 1. The van der Waals surface area contributed by atoms with Crippen LogP contribution in [0.25, 0.3) is 0 Å². The van der Waals surface area contributed by atoms with E-state index in [1.54, 1.807) is 0 Å². The van der Waals surface area contributed by atoms with Gasteiger partial charge in [-0.3, -0.25) is 9.59 Å². The average Bonchev–Trinajstić information content (AvgIpc) is 2.49. The molecule has 1 atom stereocenters. The third-order valence-corrected chi connectivity index (χ3v) is 2.56. The Bertz CT molecular complexity index is 240. The first-order chi connectivity index (χ1) is 6.02. The first-order valence-electron chi connectivity index (χ1n) is 4.11. The third kappa shape index (κ3) is 1.65. The first-order valence-corrected chi connectivity index (χ1v) is 4.11. The molecule has 5 heteroatoms. The van der Waals surface area contributed by atoms with E-state index in [-0.39, 0.29) is 12.5 Å². The van der Waals surface area contributed by atoms with E-state index in [0.29, 0.717) is 13.0 Å². The van der Waals surface area contributed by atoms with Gasteiger partial charge in [-0.05, 0) is 6.42 Å². The molecule has 0 aliphatic carbocycles. The van der Waals surface area contributed by atoms with Crippen molar-refractivity contribution in [3.63, 3.8) is 0 Å². The van der Waals surface area contributed by atoms with Crippen molar-refractivity contribution in [1.29, 1.82) is 0 Å². The van der Waals surface area contributed by atoms with E-state index in [1.807, 2.05) is 0 Å². The van der Waals surface area contributed by atoms with Crippen LogP contribution in [0.15, 0.2) is 0 Å². The van der Waals surface area contributed by atoms with Crippen LogP contribution in [0.4, 0.5) is 0 Å². The maximum atomic E-state index is 10.9. The normalized spacial score (nSPS) is 27.7. The summed E-state index contributed by atoms with van der Waals surface area (Å²) in [6.45, 7) is 1.53. The Kier molecular flexibility index (Phi) is 2.56. The number of aliphatic carboxylic acids is 1. The quantitative estimate of drug-likeness (QED) is 0.599. The molecule has 0 aromatic rings. The van der Waals surface area contributed by atoms with Gasteiger partial charge in [-0.25, -0.2) is 0 Å². The molecule has 0 bridgehead atoms. The molecule has 1 rings (SSSR count). The van der Waals surface area contributed by atoms with Gasteiger partial charge >= 0.3 is 5.97 Å². The summed E-state index contributed by atoms with van der Waals surface area (Å²) in [5.74, 6) is -1.17. The Morgan fingerprint density at radius 3 is 2.38 bits per heavy atom. The van der Waals surface area contributed by atoms with Crippen LogP contribution < -0.4 is 0 Å². The molecule has 1 unspecified atom stereocenters. The van der Waals surface area contributed by atoms with Crippen molar-refractivity contribution in [2.75, 3.05) is 19.7 Å². The summed E-state index contributed by atoms with van der Waals surface area (Å²) in [6.07, 6.45) is 0.332. The van der Waals surface area contributed by atoms with Crippen molar-refractivity contribution in [3.05, 3.63) is 0 Å². The second-order valence-corrected chi connectivity index (χ2v) is 3.43. The first kappa shape index (κ1) is 9.98. The number of rotatable bonds is 2. The number of carbonyl (C=O) groups excluding carboxylic acids is 1. The molecule has 5 nitrogen and oxygen atoms in total. The SMILES string of the molecule is CC(=O)N1CCC(CO)(C(=O)O)C1. The minimum atomic E-state index is -1.13. The summed E-state index contributed by atoms with van der Waals surface area (Å²) in [4.78, 5) is 23.2. The molecule has 1 amide bonds. The number of hydrogen-bond donors (Lipinski definition) is 2. The molecule has 1 fully saturated rings. The zero-order valence-corrected chi connectivity index (χ0v) is 7.49. The largest absolute Gasteiger partial charge is 0.481 e. The molecular weight excluding hydrogens is 174 g/mol. The lowest BCUT2D eigenvalue weighted by Crippen LogP contribution is -2.38. The molecule has 0 saturated carbocycles. The summed E-state index contributed by atoms with van der Waals surface area (Å²) in [6, 6.07) is 0. The van der Waals surface area contributed by atoms with Gasteiger partial charge in [0.2, 0.25) is 5.91 Å². The van der Waals surface area contributed by atoms with Crippen molar-refractivity contribution in [2.24, 2.45) is 5.41 Å². The highest BCUT2D eigenvalue weighted by Gasteiger charge is 2.45. The van der Waals surface area contributed by atoms with Crippen LogP contribution in [-0.4, -0.2) is 46.7 Å². The van der Waals surface area contributed by atoms with E-state index in [9.17, 15) is 9.59 Å². The molecule has 1 aliphatic rings. The molecule has 74 valence electrons. The van der Waals surface area contributed by atoms with Gasteiger partial charge in [0.25, 0.3) is 0 Å². The number of aliphatic hydroxyl groups excluding tert-OH is 1. The van der Waals surface area contributed by atoms with Gasteiger partial charge in [-0.1, -0.05) is 0 Å². The maximum absolute atomic E-state index is 10.9. The van der Waals surface area contributed by atoms with Crippen molar-refractivity contribution in [2.45, 2.75) is 13.3 Å². The maximum Gasteiger partial charge on any atom is 0.313 e. The fraction of sp³-hybridized carbons (Fsp3) is 0.750. The summed E-state index contributed by atoms with van der Waals surface area (Å²) in [5.41, 5.74) is -1.13. The molecule has 1 saturated heterocycles. The number of amides is 1. The molecule has 0 aromatic carbocycles. The van der Waals surface area contributed by atoms with Crippen molar-refractivity contribution in [3.8, 4) is 0 Å². The molecule has 1 heterocycles. The molecular formula is C8H13NO4. The second kappa shape index (κ2) is 3.33. The predicted molar refractivity (Wildman–Crippen MR) is 44.0 cm³/mol. The fourth-order valence-corrected chi connectivity index (χ4v) is 1.51. The van der Waals surface area contributed by atoms with Crippen LogP contribution in [0.1, 0.15) is 13.3 Å². The second-order valence-electron chi connectivity index (χ2n) is 3.43. The van der Waals surface area contributed by atoms with Crippen LogP contribution in [0.5, 0.6) is 0 Å². The Morgan fingerprint density at radius 1 is 1.54 bits per heavy atom. The molecule has 1 aliphatic heterocycles. The summed E-state index contributed by atoms with van der Waals surface area (Å²) >= 11 is 0. The van der Waals surface area contributed by atoms with Gasteiger partial charge in [0.1, 0.15) is 5.41 Å². The van der Waals surface area contributed by atoms with E-state index in [2.05, 4.69) is 0 Å². The van der Waals surface area contributed by atoms with Crippen LogP contribution in [0, 0.1) is 5.41 Å². The van der Waals surface area contributed by atoms with Gasteiger partial charge in [0.05, 0.1) is 6.61 Å². The number of nitrogens with zero attached hydrogens (tertiary/aromatic N) is 1. The number of likely N-dealkylation sites (tertiary alicyclic amines) is 1. The molecule has 0 aromatic heterocycles. The fourth-order valence-electron chi connectivity index (χ4n) is 1.51. The number of carbonyl (C=O) groups is 2. The molecule has 0 radical (unpaired) electrons. The van der Waals surface area contributed by atoms with Gasteiger partial charge in [-0.2, -0.15) is 0 Å². The highest BCUT2D eigenvalue weighted by molar-refractivity contribution is 5.79. The van der Waals surface area contributed by atoms with Gasteiger partial charge in [0.15, 0.2) is 0 Å². The van der Waals surface area contributed by atoms with Gasteiger partial charge in [0, 0.05) is 20.0 Å². The average molecular weight is 187 g/mol. The Labute approximate surface area is 76.0 Å². The summed E-state index contributed by atoms with van der Waals surface area (Å²) in [5, 5.41) is 17.8. The lowest BCUT2D eigenvalue weighted by Gasteiger charge is -2.21. The third-order valence-electron chi connectivity index (χ3n) is 2.56. The van der Waals surface area contributed by atoms with E-state index in [4.69, 9.17) is 10.2 Å². The van der Waals surface area contributed by atoms with Gasteiger partial charge < -0.3 is 15.1 Å². The monoisotopic (exact) mass is 187 g/mol. The lowest BCUT2D eigenvalue weighted by molar-refractivity contribution is -0.150. The smallest absolute Gasteiger partial charge is 0.313 e. The number of hydrogen-bond acceptors (Lipinski definition) is 3. The topological polar surface area (TPSA) is 77.8 Å². The minimum Gasteiger partial charge on any atom is -0.481 e. The zero-order chi connectivity index (χ0) is 10.1. The Hall–Kier alpha value is -1.10.